The molecule has 3 heteroatoms. The predicted molar refractivity (Wildman–Crippen MR) is 63.0 cm³/mol. The van der Waals surface area contributed by atoms with Gasteiger partial charge in [0.1, 0.15) is 5.75 Å². The second-order valence-electron chi connectivity index (χ2n) is 4.65. The molecular formula is C13H17NO2. The van der Waals surface area contributed by atoms with E-state index in [9.17, 15) is 4.79 Å². The molecule has 3 nitrogen and oxygen atoms in total. The number of benzene rings is 1. The maximum atomic E-state index is 12.2. The molecule has 1 aliphatic rings. The van der Waals surface area contributed by atoms with Crippen LogP contribution >= 0.6 is 0 Å². The first kappa shape index (κ1) is 11.1. The van der Waals surface area contributed by atoms with Crippen molar-refractivity contribution in [2.24, 2.45) is 5.73 Å². The van der Waals surface area contributed by atoms with Crippen molar-refractivity contribution < 1.29 is 9.53 Å². The first-order valence-corrected chi connectivity index (χ1v) is 5.47. The molecule has 0 bridgehead atoms. The molecule has 1 aliphatic carbocycles. The van der Waals surface area contributed by atoms with Gasteiger partial charge < -0.3 is 10.5 Å². The Hall–Kier alpha value is -1.35. The third kappa shape index (κ3) is 1.71. The molecule has 0 aromatic heterocycles. The number of ketones is 1. The molecule has 86 valence electrons. The van der Waals surface area contributed by atoms with Crippen LogP contribution < -0.4 is 10.5 Å². The van der Waals surface area contributed by atoms with Crippen LogP contribution in [0.5, 0.6) is 5.75 Å². The number of hydrogen-bond donors (Lipinski definition) is 1. The van der Waals surface area contributed by atoms with Crippen LogP contribution in [-0.4, -0.2) is 18.4 Å². The van der Waals surface area contributed by atoms with Crippen LogP contribution in [0.25, 0.3) is 0 Å². The Balaban J connectivity index is 2.50. The van der Waals surface area contributed by atoms with Crippen molar-refractivity contribution in [3.63, 3.8) is 0 Å². The molecule has 2 rings (SSSR count). The van der Waals surface area contributed by atoms with Crippen LogP contribution in [-0.2, 0) is 0 Å². The number of hydrogen-bond acceptors (Lipinski definition) is 3. The van der Waals surface area contributed by atoms with Crippen LogP contribution in [0.2, 0.25) is 0 Å². The van der Waals surface area contributed by atoms with Crippen molar-refractivity contribution in [3.05, 3.63) is 28.8 Å². The van der Waals surface area contributed by atoms with Crippen molar-refractivity contribution in [1.82, 2.24) is 0 Å². The number of ether oxygens (including phenoxy) is 1. The second kappa shape index (κ2) is 3.59. The van der Waals surface area contributed by atoms with Crippen LogP contribution in [0.3, 0.4) is 0 Å². The second-order valence-corrected chi connectivity index (χ2v) is 4.65. The van der Waals surface area contributed by atoms with Crippen LogP contribution in [0, 0.1) is 13.8 Å². The van der Waals surface area contributed by atoms with E-state index in [0.717, 1.165) is 24.0 Å². The highest BCUT2D eigenvalue weighted by molar-refractivity contribution is 6.07. The highest BCUT2D eigenvalue weighted by Crippen LogP contribution is 2.38. The minimum atomic E-state index is -0.631. The van der Waals surface area contributed by atoms with Gasteiger partial charge in [0.25, 0.3) is 0 Å². The summed E-state index contributed by atoms with van der Waals surface area (Å²) in [6, 6.07) is 3.87. The van der Waals surface area contributed by atoms with Crippen molar-refractivity contribution >= 4 is 5.78 Å². The monoisotopic (exact) mass is 219 g/mol. The van der Waals surface area contributed by atoms with Crippen LogP contribution in [0.4, 0.5) is 0 Å². The molecule has 0 radical (unpaired) electrons. The van der Waals surface area contributed by atoms with Gasteiger partial charge in [-0.1, -0.05) is 6.07 Å². The molecule has 0 amide bonds. The number of aryl methyl sites for hydroxylation is 2. The minimum absolute atomic E-state index is 0.0103. The van der Waals surface area contributed by atoms with Crippen molar-refractivity contribution in [3.8, 4) is 5.75 Å². The standard InChI is InChI=1S/C13H17NO2/c1-8-6-9(2)11(16-3)10(7-8)12(15)13(14)4-5-13/h6-7H,4-5,14H2,1-3H3. The summed E-state index contributed by atoms with van der Waals surface area (Å²) in [5.74, 6) is 0.670. The Morgan fingerprint density at radius 1 is 1.38 bits per heavy atom. The molecule has 1 fully saturated rings. The molecule has 0 heterocycles. The highest BCUT2D eigenvalue weighted by atomic mass is 16.5. The van der Waals surface area contributed by atoms with E-state index in [1.807, 2.05) is 26.0 Å². The summed E-state index contributed by atoms with van der Waals surface area (Å²) in [6.45, 7) is 3.91. The molecule has 2 N–H and O–H groups in total. The first-order chi connectivity index (χ1) is 7.48. The first-order valence-electron chi connectivity index (χ1n) is 5.47. The van der Waals surface area contributed by atoms with Crippen molar-refractivity contribution in [2.75, 3.05) is 7.11 Å². The Labute approximate surface area is 95.6 Å². The fourth-order valence-electron chi connectivity index (χ4n) is 2.02. The summed E-state index contributed by atoms with van der Waals surface area (Å²) in [4.78, 5) is 12.2. The van der Waals surface area contributed by atoms with Gasteiger partial charge in [0.2, 0.25) is 0 Å². The number of methoxy groups -OCH3 is 1. The number of nitrogens with two attached hydrogens (primary N) is 1. The number of carbonyl (C=O) groups is 1. The van der Waals surface area contributed by atoms with Gasteiger partial charge in [-0.15, -0.1) is 0 Å². The Morgan fingerprint density at radius 2 is 2.00 bits per heavy atom. The van der Waals surface area contributed by atoms with E-state index in [2.05, 4.69) is 0 Å². The maximum absolute atomic E-state index is 12.2. The Kier molecular flexibility index (Phi) is 2.50. The molecular weight excluding hydrogens is 202 g/mol. The number of Topliss-reactive ketones (excluding diaryl/α,β-unsaturated/α-hetero) is 1. The summed E-state index contributed by atoms with van der Waals surface area (Å²) in [6.07, 6.45) is 1.56. The fourth-order valence-corrected chi connectivity index (χ4v) is 2.02. The molecule has 1 aromatic carbocycles. The molecule has 0 unspecified atom stereocenters. The zero-order chi connectivity index (χ0) is 11.9. The minimum Gasteiger partial charge on any atom is -0.496 e. The molecule has 1 saturated carbocycles. The van der Waals surface area contributed by atoms with Gasteiger partial charge >= 0.3 is 0 Å². The van der Waals surface area contributed by atoms with Gasteiger partial charge in [-0.2, -0.15) is 0 Å². The molecule has 0 atom stereocenters. The normalized spacial score (nSPS) is 17.0. The van der Waals surface area contributed by atoms with Crippen molar-refractivity contribution in [1.29, 1.82) is 0 Å². The fraction of sp³-hybridized carbons (Fsp3) is 0.462. The number of rotatable bonds is 3. The highest BCUT2D eigenvalue weighted by Gasteiger charge is 2.47. The van der Waals surface area contributed by atoms with Gasteiger partial charge in [-0.3, -0.25) is 4.79 Å². The quantitative estimate of drug-likeness (QED) is 0.791. The smallest absolute Gasteiger partial charge is 0.186 e. The molecule has 16 heavy (non-hydrogen) atoms. The topological polar surface area (TPSA) is 52.3 Å². The lowest BCUT2D eigenvalue weighted by atomic mass is 9.97. The van der Waals surface area contributed by atoms with E-state index in [4.69, 9.17) is 10.5 Å². The average Bonchev–Trinajstić information content (AvgIpc) is 2.95. The van der Waals surface area contributed by atoms with E-state index < -0.39 is 5.54 Å². The van der Waals surface area contributed by atoms with Gasteiger partial charge in [-0.05, 0) is 43.9 Å². The molecule has 0 saturated heterocycles. The van der Waals surface area contributed by atoms with E-state index in [1.54, 1.807) is 7.11 Å². The van der Waals surface area contributed by atoms with Gasteiger partial charge in [0, 0.05) is 0 Å². The third-order valence-corrected chi connectivity index (χ3v) is 3.11. The zero-order valence-corrected chi connectivity index (χ0v) is 9.96. The van der Waals surface area contributed by atoms with Gasteiger partial charge in [-0.25, -0.2) is 0 Å². The van der Waals surface area contributed by atoms with Crippen LogP contribution in [0.1, 0.15) is 34.3 Å². The van der Waals surface area contributed by atoms with E-state index in [-0.39, 0.29) is 5.78 Å². The van der Waals surface area contributed by atoms with E-state index in [1.165, 1.54) is 0 Å². The summed E-state index contributed by atoms with van der Waals surface area (Å²) in [7, 11) is 1.59. The summed E-state index contributed by atoms with van der Waals surface area (Å²) in [5.41, 5.74) is 7.98. The SMILES string of the molecule is COc1c(C)cc(C)cc1C(=O)C1(N)CC1. The van der Waals surface area contributed by atoms with Crippen molar-refractivity contribution in [2.45, 2.75) is 32.2 Å². The lowest BCUT2D eigenvalue weighted by Crippen LogP contribution is -2.33. The number of carbonyl (C=O) groups excluding carboxylic acids is 1. The summed E-state index contributed by atoms with van der Waals surface area (Å²) >= 11 is 0. The Bertz CT molecular complexity index is 447. The average molecular weight is 219 g/mol. The third-order valence-electron chi connectivity index (χ3n) is 3.11. The van der Waals surface area contributed by atoms with E-state index >= 15 is 0 Å². The molecule has 0 aliphatic heterocycles. The lowest BCUT2D eigenvalue weighted by Gasteiger charge is -2.14. The molecule has 0 spiro atoms. The Morgan fingerprint density at radius 3 is 2.50 bits per heavy atom. The largest absolute Gasteiger partial charge is 0.496 e. The van der Waals surface area contributed by atoms with E-state index in [0.29, 0.717) is 11.3 Å². The predicted octanol–water partition coefficient (Wildman–Crippen LogP) is 1.99. The van der Waals surface area contributed by atoms with Crippen LogP contribution in [0.15, 0.2) is 12.1 Å². The van der Waals surface area contributed by atoms with Gasteiger partial charge in [0.15, 0.2) is 5.78 Å². The maximum Gasteiger partial charge on any atom is 0.186 e. The zero-order valence-electron chi connectivity index (χ0n) is 9.96. The summed E-state index contributed by atoms with van der Waals surface area (Å²) < 4.78 is 5.30. The lowest BCUT2D eigenvalue weighted by molar-refractivity contribution is 0.0946. The molecule has 1 aromatic rings. The van der Waals surface area contributed by atoms with Gasteiger partial charge in [0.05, 0.1) is 18.2 Å². The summed E-state index contributed by atoms with van der Waals surface area (Å²) in [5, 5.41) is 0.